The zero-order valence-corrected chi connectivity index (χ0v) is 15.7. The Morgan fingerprint density at radius 1 is 1.15 bits per heavy atom. The molecule has 0 aliphatic rings. The number of carbonyl (C=O) groups is 2. The fourth-order valence-electron chi connectivity index (χ4n) is 2.42. The molecule has 3 N–H and O–H groups in total. The SMILES string of the molecule is COc1ccc(NC(C)=O)cc1NC(=O)CN[C@H](C)c1cccc(Cl)c1. The van der Waals surface area contributed by atoms with Crippen LogP contribution in [0, 0.1) is 0 Å². The second kappa shape index (κ2) is 9.22. The molecular weight excluding hydrogens is 354 g/mol. The summed E-state index contributed by atoms with van der Waals surface area (Å²) in [5.41, 5.74) is 2.06. The highest BCUT2D eigenvalue weighted by Crippen LogP contribution is 2.27. The van der Waals surface area contributed by atoms with Gasteiger partial charge in [-0.3, -0.25) is 9.59 Å². The van der Waals surface area contributed by atoms with E-state index in [0.29, 0.717) is 22.1 Å². The lowest BCUT2D eigenvalue weighted by Crippen LogP contribution is -2.30. The van der Waals surface area contributed by atoms with E-state index in [4.69, 9.17) is 16.3 Å². The molecular formula is C19H22ClN3O3. The van der Waals surface area contributed by atoms with Gasteiger partial charge in [-0.25, -0.2) is 0 Å². The lowest BCUT2D eigenvalue weighted by atomic mass is 10.1. The van der Waals surface area contributed by atoms with Gasteiger partial charge < -0.3 is 20.7 Å². The Bertz CT molecular complexity index is 795. The van der Waals surface area contributed by atoms with Crippen LogP contribution < -0.4 is 20.7 Å². The van der Waals surface area contributed by atoms with Crippen LogP contribution in [0.5, 0.6) is 5.75 Å². The molecule has 2 rings (SSSR count). The van der Waals surface area contributed by atoms with Gasteiger partial charge in [-0.05, 0) is 42.8 Å². The molecule has 0 bridgehead atoms. The third-order valence-corrected chi connectivity index (χ3v) is 3.95. The summed E-state index contributed by atoms with van der Waals surface area (Å²) in [5.74, 6) is 0.0944. The Hall–Kier alpha value is -2.57. The topological polar surface area (TPSA) is 79.5 Å². The van der Waals surface area contributed by atoms with Gasteiger partial charge in [0.1, 0.15) is 5.75 Å². The van der Waals surface area contributed by atoms with Crippen LogP contribution in [0.15, 0.2) is 42.5 Å². The van der Waals surface area contributed by atoms with Gasteiger partial charge in [-0.2, -0.15) is 0 Å². The quantitative estimate of drug-likeness (QED) is 0.690. The molecule has 2 aromatic carbocycles. The number of hydrogen-bond donors (Lipinski definition) is 3. The van der Waals surface area contributed by atoms with E-state index in [0.717, 1.165) is 5.56 Å². The second-order valence-electron chi connectivity index (χ2n) is 5.80. The van der Waals surface area contributed by atoms with Crippen molar-refractivity contribution in [3.8, 4) is 5.75 Å². The Morgan fingerprint density at radius 3 is 2.58 bits per heavy atom. The number of hydrogen-bond acceptors (Lipinski definition) is 4. The maximum atomic E-state index is 12.3. The van der Waals surface area contributed by atoms with Gasteiger partial charge in [0, 0.05) is 23.7 Å². The van der Waals surface area contributed by atoms with Crippen LogP contribution in [-0.4, -0.2) is 25.5 Å². The van der Waals surface area contributed by atoms with Crippen molar-refractivity contribution in [3.05, 3.63) is 53.1 Å². The minimum absolute atomic E-state index is 0.0351. The number of nitrogens with one attached hydrogen (secondary N) is 3. The smallest absolute Gasteiger partial charge is 0.238 e. The van der Waals surface area contributed by atoms with E-state index in [-0.39, 0.29) is 24.4 Å². The summed E-state index contributed by atoms with van der Waals surface area (Å²) in [7, 11) is 1.52. The molecule has 0 saturated heterocycles. The summed E-state index contributed by atoms with van der Waals surface area (Å²) in [6.45, 7) is 3.49. The van der Waals surface area contributed by atoms with Crippen molar-refractivity contribution < 1.29 is 14.3 Å². The molecule has 138 valence electrons. The van der Waals surface area contributed by atoms with Gasteiger partial charge in [0.25, 0.3) is 0 Å². The molecule has 0 heterocycles. The van der Waals surface area contributed by atoms with Gasteiger partial charge in [0.05, 0.1) is 19.3 Å². The fourth-order valence-corrected chi connectivity index (χ4v) is 2.62. The first kappa shape index (κ1) is 19.8. The maximum Gasteiger partial charge on any atom is 0.238 e. The van der Waals surface area contributed by atoms with Gasteiger partial charge >= 0.3 is 0 Å². The highest BCUT2D eigenvalue weighted by molar-refractivity contribution is 6.30. The van der Waals surface area contributed by atoms with Gasteiger partial charge in [0.15, 0.2) is 0 Å². The Labute approximate surface area is 157 Å². The zero-order valence-electron chi connectivity index (χ0n) is 14.9. The normalized spacial score (nSPS) is 11.5. The first-order valence-corrected chi connectivity index (χ1v) is 8.51. The predicted octanol–water partition coefficient (Wildman–Crippen LogP) is 3.60. The van der Waals surface area contributed by atoms with Crippen LogP contribution in [-0.2, 0) is 9.59 Å². The maximum absolute atomic E-state index is 12.3. The minimum Gasteiger partial charge on any atom is -0.495 e. The summed E-state index contributed by atoms with van der Waals surface area (Å²) in [6, 6.07) is 12.5. The van der Waals surface area contributed by atoms with E-state index in [1.54, 1.807) is 24.3 Å². The average Bonchev–Trinajstić information content (AvgIpc) is 2.59. The number of ether oxygens (including phenoxy) is 1. The van der Waals surface area contributed by atoms with Gasteiger partial charge in [-0.1, -0.05) is 23.7 Å². The molecule has 6 nitrogen and oxygen atoms in total. The molecule has 0 radical (unpaired) electrons. The van der Waals surface area contributed by atoms with Crippen molar-refractivity contribution in [1.29, 1.82) is 0 Å². The molecule has 0 aliphatic heterocycles. The minimum atomic E-state index is -0.225. The summed E-state index contributed by atoms with van der Waals surface area (Å²) in [6.07, 6.45) is 0. The average molecular weight is 376 g/mol. The molecule has 0 aromatic heterocycles. The number of halogens is 1. The van der Waals surface area contributed by atoms with Crippen LogP contribution in [0.2, 0.25) is 5.02 Å². The van der Waals surface area contributed by atoms with Crippen LogP contribution >= 0.6 is 11.6 Å². The summed E-state index contributed by atoms with van der Waals surface area (Å²) >= 11 is 5.99. The first-order chi connectivity index (χ1) is 12.4. The second-order valence-corrected chi connectivity index (χ2v) is 6.24. The van der Waals surface area contributed by atoms with Gasteiger partial charge in [0.2, 0.25) is 11.8 Å². The highest BCUT2D eigenvalue weighted by Gasteiger charge is 2.11. The molecule has 0 spiro atoms. The third kappa shape index (κ3) is 5.75. The number of amides is 2. The first-order valence-electron chi connectivity index (χ1n) is 8.13. The largest absolute Gasteiger partial charge is 0.495 e. The summed E-state index contributed by atoms with van der Waals surface area (Å²) in [5, 5.41) is 9.26. The van der Waals surface area contributed by atoms with Crippen molar-refractivity contribution >= 4 is 34.8 Å². The van der Waals surface area contributed by atoms with Crippen molar-refractivity contribution in [2.24, 2.45) is 0 Å². The molecule has 2 amide bonds. The van der Waals surface area contributed by atoms with Crippen LogP contribution in [0.1, 0.15) is 25.5 Å². The van der Waals surface area contributed by atoms with Crippen molar-refractivity contribution in [3.63, 3.8) is 0 Å². The Morgan fingerprint density at radius 2 is 1.92 bits per heavy atom. The van der Waals surface area contributed by atoms with Crippen molar-refractivity contribution in [1.82, 2.24) is 5.32 Å². The van der Waals surface area contributed by atoms with E-state index >= 15 is 0 Å². The lowest BCUT2D eigenvalue weighted by molar-refractivity contribution is -0.115. The number of carbonyl (C=O) groups excluding carboxylic acids is 2. The summed E-state index contributed by atoms with van der Waals surface area (Å²) < 4.78 is 5.25. The van der Waals surface area contributed by atoms with E-state index in [1.165, 1.54) is 14.0 Å². The molecule has 7 heteroatoms. The lowest BCUT2D eigenvalue weighted by Gasteiger charge is -2.16. The Balaban J connectivity index is 1.99. The number of rotatable bonds is 7. The van der Waals surface area contributed by atoms with Gasteiger partial charge in [-0.15, -0.1) is 0 Å². The van der Waals surface area contributed by atoms with E-state index < -0.39 is 0 Å². The number of methoxy groups -OCH3 is 1. The Kier molecular flexibility index (Phi) is 7.00. The zero-order chi connectivity index (χ0) is 19.1. The van der Waals surface area contributed by atoms with Crippen LogP contribution in [0.3, 0.4) is 0 Å². The van der Waals surface area contributed by atoms with E-state index in [1.807, 2.05) is 25.1 Å². The van der Waals surface area contributed by atoms with Crippen molar-refractivity contribution in [2.45, 2.75) is 19.9 Å². The summed E-state index contributed by atoms with van der Waals surface area (Å²) in [4.78, 5) is 23.5. The van der Waals surface area contributed by atoms with E-state index in [2.05, 4.69) is 16.0 Å². The molecule has 1 atom stereocenters. The highest BCUT2D eigenvalue weighted by atomic mass is 35.5. The molecule has 0 unspecified atom stereocenters. The standard InChI is InChI=1S/C19H22ClN3O3/c1-12(14-5-4-6-15(20)9-14)21-11-19(25)23-17-10-16(22-13(2)24)7-8-18(17)26-3/h4-10,12,21H,11H2,1-3H3,(H,22,24)(H,23,25)/t12-/m1/s1. The molecule has 0 saturated carbocycles. The molecule has 0 fully saturated rings. The van der Waals surface area contributed by atoms with Crippen molar-refractivity contribution in [2.75, 3.05) is 24.3 Å². The number of anilines is 2. The predicted molar refractivity (Wildman–Crippen MR) is 104 cm³/mol. The molecule has 0 aliphatic carbocycles. The third-order valence-electron chi connectivity index (χ3n) is 3.71. The van der Waals surface area contributed by atoms with Crippen LogP contribution in [0.4, 0.5) is 11.4 Å². The van der Waals surface area contributed by atoms with E-state index in [9.17, 15) is 9.59 Å². The fraction of sp³-hybridized carbons (Fsp3) is 0.263. The molecule has 2 aromatic rings. The number of benzene rings is 2. The monoisotopic (exact) mass is 375 g/mol. The van der Waals surface area contributed by atoms with Crippen LogP contribution in [0.25, 0.3) is 0 Å². The molecule has 26 heavy (non-hydrogen) atoms.